The molecular formula is C13H22. The molecule has 0 aromatic rings. The monoisotopic (exact) mass is 178 g/mol. The zero-order valence-electron chi connectivity index (χ0n) is 8.67. The van der Waals surface area contributed by atoms with E-state index in [4.69, 9.17) is 0 Å². The van der Waals surface area contributed by atoms with E-state index in [0.717, 1.165) is 0 Å². The predicted molar refractivity (Wildman–Crippen MR) is 55.5 cm³/mol. The first kappa shape index (κ1) is 8.32. The summed E-state index contributed by atoms with van der Waals surface area (Å²) in [4.78, 5) is 0. The van der Waals surface area contributed by atoms with Gasteiger partial charge in [-0.25, -0.2) is 0 Å². The molecule has 0 heterocycles. The zero-order chi connectivity index (χ0) is 8.67. The summed E-state index contributed by atoms with van der Waals surface area (Å²) in [7, 11) is 0. The molecule has 0 nitrogen and oxygen atoms in total. The molecule has 0 amide bonds. The Balaban J connectivity index is 1.72. The molecule has 3 fully saturated rings. The summed E-state index contributed by atoms with van der Waals surface area (Å²) in [5.74, 6) is 4.76. The Bertz CT molecular complexity index is 164. The first-order valence-electron chi connectivity index (χ1n) is 6.47. The normalized spacial score (nSPS) is 49.8. The third-order valence-corrected chi connectivity index (χ3v) is 5.10. The van der Waals surface area contributed by atoms with Gasteiger partial charge in [-0.15, -0.1) is 0 Å². The summed E-state index contributed by atoms with van der Waals surface area (Å²) in [5, 5.41) is 0. The Morgan fingerprint density at radius 2 is 0.692 bits per heavy atom. The van der Waals surface area contributed by atoms with E-state index in [-0.39, 0.29) is 0 Å². The molecular weight excluding hydrogens is 156 g/mol. The maximum Gasteiger partial charge on any atom is -0.0352 e. The molecule has 74 valence electrons. The minimum Gasteiger partial charge on any atom is -0.0533 e. The number of rotatable bonds is 0. The lowest BCUT2D eigenvalue weighted by Gasteiger charge is -2.55. The van der Waals surface area contributed by atoms with E-state index in [1.165, 1.54) is 30.1 Å². The molecule has 4 atom stereocenters. The van der Waals surface area contributed by atoms with E-state index in [1.807, 2.05) is 0 Å². The summed E-state index contributed by atoms with van der Waals surface area (Å²) < 4.78 is 0. The molecule has 4 unspecified atom stereocenters. The highest BCUT2D eigenvalue weighted by Gasteiger charge is 2.49. The second kappa shape index (κ2) is 3.29. The van der Waals surface area contributed by atoms with Crippen molar-refractivity contribution in [2.45, 2.75) is 57.8 Å². The van der Waals surface area contributed by atoms with Crippen molar-refractivity contribution in [3.63, 3.8) is 0 Å². The first-order chi connectivity index (χ1) is 6.47. The summed E-state index contributed by atoms with van der Waals surface area (Å²) in [5.41, 5.74) is 0. The molecule has 0 radical (unpaired) electrons. The van der Waals surface area contributed by atoms with Crippen LogP contribution < -0.4 is 0 Å². The van der Waals surface area contributed by atoms with Crippen molar-refractivity contribution in [1.29, 1.82) is 0 Å². The van der Waals surface area contributed by atoms with E-state index in [0.29, 0.717) is 0 Å². The smallest absolute Gasteiger partial charge is 0.0352 e. The van der Waals surface area contributed by atoms with Gasteiger partial charge in [0, 0.05) is 0 Å². The molecule has 0 heteroatoms. The SMILES string of the molecule is C1CCC2C(CC1)C1CCCCC21. The van der Waals surface area contributed by atoms with Gasteiger partial charge in [-0.1, -0.05) is 32.1 Å². The van der Waals surface area contributed by atoms with Crippen LogP contribution in [0.15, 0.2) is 0 Å². The van der Waals surface area contributed by atoms with Crippen molar-refractivity contribution >= 4 is 0 Å². The fourth-order valence-corrected chi connectivity index (χ4v) is 4.53. The van der Waals surface area contributed by atoms with Crippen LogP contribution in [0.5, 0.6) is 0 Å². The van der Waals surface area contributed by atoms with Gasteiger partial charge in [-0.05, 0) is 49.4 Å². The van der Waals surface area contributed by atoms with Crippen LogP contribution in [0.25, 0.3) is 0 Å². The van der Waals surface area contributed by atoms with Gasteiger partial charge in [0.15, 0.2) is 0 Å². The highest BCUT2D eigenvalue weighted by atomic mass is 14.5. The fraction of sp³-hybridized carbons (Fsp3) is 1.00. The van der Waals surface area contributed by atoms with E-state index in [9.17, 15) is 0 Å². The van der Waals surface area contributed by atoms with Crippen LogP contribution in [0.2, 0.25) is 0 Å². The molecule has 0 aromatic carbocycles. The van der Waals surface area contributed by atoms with Crippen LogP contribution in [0.4, 0.5) is 0 Å². The second-order valence-electron chi connectivity index (χ2n) is 5.58. The van der Waals surface area contributed by atoms with Gasteiger partial charge >= 0.3 is 0 Å². The van der Waals surface area contributed by atoms with E-state index < -0.39 is 0 Å². The van der Waals surface area contributed by atoms with Gasteiger partial charge in [0.25, 0.3) is 0 Å². The van der Waals surface area contributed by atoms with Gasteiger partial charge in [0.05, 0.1) is 0 Å². The van der Waals surface area contributed by atoms with E-state index >= 15 is 0 Å². The molecule has 3 aliphatic rings. The third-order valence-electron chi connectivity index (χ3n) is 5.10. The molecule has 0 spiro atoms. The van der Waals surface area contributed by atoms with E-state index in [2.05, 4.69) is 0 Å². The average molecular weight is 178 g/mol. The van der Waals surface area contributed by atoms with Crippen molar-refractivity contribution in [2.75, 3.05) is 0 Å². The van der Waals surface area contributed by atoms with Crippen molar-refractivity contribution in [3.05, 3.63) is 0 Å². The predicted octanol–water partition coefficient (Wildman–Crippen LogP) is 4.00. The molecule has 0 saturated heterocycles. The summed E-state index contributed by atoms with van der Waals surface area (Å²) in [6.07, 6.45) is 14.1. The Morgan fingerprint density at radius 3 is 1.08 bits per heavy atom. The van der Waals surface area contributed by atoms with Crippen LogP contribution in [0.3, 0.4) is 0 Å². The Hall–Kier alpha value is 0. The lowest BCUT2D eigenvalue weighted by molar-refractivity contribution is -0.0566. The quantitative estimate of drug-likeness (QED) is 0.526. The van der Waals surface area contributed by atoms with Crippen LogP contribution in [0, 0.1) is 23.7 Å². The fourth-order valence-electron chi connectivity index (χ4n) is 4.53. The zero-order valence-corrected chi connectivity index (χ0v) is 8.67. The minimum atomic E-state index is 1.19. The average Bonchev–Trinajstić information content (AvgIpc) is 2.37. The maximum atomic E-state index is 1.59. The van der Waals surface area contributed by atoms with Gasteiger partial charge in [-0.2, -0.15) is 0 Å². The molecule has 0 bridgehead atoms. The lowest BCUT2D eigenvalue weighted by Crippen LogP contribution is -2.47. The highest BCUT2D eigenvalue weighted by Crippen LogP contribution is 2.58. The van der Waals surface area contributed by atoms with E-state index in [1.54, 1.807) is 51.4 Å². The summed E-state index contributed by atoms with van der Waals surface area (Å²) >= 11 is 0. The standard InChI is InChI=1S/C13H22/c1-2-6-10-11(7-3-1)13-9-5-4-8-12(10)13/h10-13H,1-9H2. The summed E-state index contributed by atoms with van der Waals surface area (Å²) in [6.45, 7) is 0. The van der Waals surface area contributed by atoms with Crippen LogP contribution >= 0.6 is 0 Å². The molecule has 13 heavy (non-hydrogen) atoms. The third kappa shape index (κ3) is 1.25. The highest BCUT2D eigenvalue weighted by molar-refractivity contribution is 4.99. The lowest BCUT2D eigenvalue weighted by atomic mass is 9.50. The first-order valence-corrected chi connectivity index (χ1v) is 6.47. The topological polar surface area (TPSA) is 0 Å². The van der Waals surface area contributed by atoms with Crippen molar-refractivity contribution < 1.29 is 0 Å². The molecule has 0 aromatic heterocycles. The van der Waals surface area contributed by atoms with Crippen LogP contribution in [0.1, 0.15) is 57.8 Å². The number of fused-ring (bicyclic) bond motifs is 4. The largest absolute Gasteiger partial charge is 0.0533 e. The molecule has 0 N–H and O–H groups in total. The molecule has 3 aliphatic carbocycles. The second-order valence-corrected chi connectivity index (χ2v) is 5.58. The van der Waals surface area contributed by atoms with Crippen molar-refractivity contribution in [2.24, 2.45) is 23.7 Å². The van der Waals surface area contributed by atoms with Gasteiger partial charge in [-0.3, -0.25) is 0 Å². The number of hydrogen-bond acceptors (Lipinski definition) is 0. The van der Waals surface area contributed by atoms with Gasteiger partial charge < -0.3 is 0 Å². The Labute approximate surface area is 82.1 Å². The van der Waals surface area contributed by atoms with Crippen LogP contribution in [-0.4, -0.2) is 0 Å². The maximum absolute atomic E-state index is 1.59. The minimum absolute atomic E-state index is 1.19. The Kier molecular flexibility index (Phi) is 2.11. The van der Waals surface area contributed by atoms with Crippen molar-refractivity contribution in [1.82, 2.24) is 0 Å². The molecule has 3 saturated carbocycles. The van der Waals surface area contributed by atoms with Crippen molar-refractivity contribution in [3.8, 4) is 0 Å². The van der Waals surface area contributed by atoms with Gasteiger partial charge in [0.2, 0.25) is 0 Å². The van der Waals surface area contributed by atoms with Crippen LogP contribution in [-0.2, 0) is 0 Å². The molecule has 3 rings (SSSR count). The summed E-state index contributed by atoms with van der Waals surface area (Å²) in [6, 6.07) is 0. The number of hydrogen-bond donors (Lipinski definition) is 0. The van der Waals surface area contributed by atoms with Gasteiger partial charge in [0.1, 0.15) is 0 Å². The Morgan fingerprint density at radius 1 is 0.385 bits per heavy atom. The molecule has 0 aliphatic heterocycles.